The number of methoxy groups -OCH3 is 1. The van der Waals surface area contributed by atoms with Crippen LogP contribution in [0, 0.1) is 11.3 Å². The Hall–Kier alpha value is -3.62. The Morgan fingerprint density at radius 3 is 2.87 bits per heavy atom. The minimum atomic E-state index is -0.679. The Labute approximate surface area is 185 Å². The van der Waals surface area contributed by atoms with Crippen molar-refractivity contribution in [3.63, 3.8) is 0 Å². The summed E-state index contributed by atoms with van der Waals surface area (Å²) in [5, 5.41) is 12.8. The van der Waals surface area contributed by atoms with Gasteiger partial charge in [-0.1, -0.05) is 24.8 Å². The molecule has 9 nitrogen and oxygen atoms in total. The number of hydrogen-bond acceptors (Lipinski definition) is 10. The molecular formula is C20H16N4O5S2. The average molecular weight is 457 g/mol. The second-order valence-electron chi connectivity index (χ2n) is 5.72. The van der Waals surface area contributed by atoms with Crippen molar-refractivity contribution in [3.05, 3.63) is 53.5 Å². The van der Waals surface area contributed by atoms with Crippen molar-refractivity contribution in [2.24, 2.45) is 0 Å². The first-order chi connectivity index (χ1) is 15.0. The third kappa shape index (κ3) is 5.71. The Balaban J connectivity index is 1.75. The Morgan fingerprint density at radius 1 is 1.35 bits per heavy atom. The number of esters is 1. The van der Waals surface area contributed by atoms with Crippen LogP contribution in [0.3, 0.4) is 0 Å². The van der Waals surface area contributed by atoms with Crippen LogP contribution in [0.25, 0.3) is 6.08 Å². The number of thioether (sulfide) groups is 1. The number of carbonyl (C=O) groups is 2. The Morgan fingerprint density at radius 2 is 2.19 bits per heavy atom. The fourth-order valence-corrected chi connectivity index (χ4v) is 3.60. The number of amides is 1. The number of ether oxygens (including phenoxy) is 2. The van der Waals surface area contributed by atoms with Crippen LogP contribution in [0.5, 0.6) is 11.5 Å². The van der Waals surface area contributed by atoms with E-state index in [1.165, 1.54) is 49.4 Å². The molecule has 0 unspecified atom stereocenters. The molecule has 11 heteroatoms. The first kappa shape index (κ1) is 22.1. The minimum absolute atomic E-state index is 0.0478. The molecular weight excluding hydrogens is 440 g/mol. The number of anilines is 1. The van der Waals surface area contributed by atoms with Crippen LogP contribution in [0.1, 0.15) is 23.0 Å². The molecule has 1 amide bonds. The molecule has 0 radical (unpaired) electrons. The van der Waals surface area contributed by atoms with Crippen LogP contribution >= 0.6 is 23.3 Å². The first-order valence-electron chi connectivity index (χ1n) is 8.87. The van der Waals surface area contributed by atoms with E-state index in [1.807, 2.05) is 13.0 Å². The summed E-state index contributed by atoms with van der Waals surface area (Å²) in [6, 6.07) is 9.53. The zero-order valence-corrected chi connectivity index (χ0v) is 18.1. The van der Waals surface area contributed by atoms with E-state index in [0.29, 0.717) is 15.9 Å². The largest absolute Gasteiger partial charge is 0.493 e. The number of furan rings is 1. The molecule has 2 aromatic heterocycles. The third-order valence-corrected chi connectivity index (χ3v) is 5.17. The van der Waals surface area contributed by atoms with Gasteiger partial charge in [0.2, 0.25) is 16.0 Å². The summed E-state index contributed by atoms with van der Waals surface area (Å²) in [7, 11) is 1.41. The molecule has 0 fully saturated rings. The normalized spacial score (nSPS) is 10.9. The SMILES string of the molecule is CCSc1nsc(NC(=O)/C(C#N)=C\c2ccc(OC(=O)c3ccco3)c(OC)c2)n1. The van der Waals surface area contributed by atoms with Gasteiger partial charge in [-0.2, -0.15) is 14.6 Å². The topological polar surface area (TPSA) is 127 Å². The molecule has 0 atom stereocenters. The number of carbonyl (C=O) groups excluding carboxylic acids is 2. The van der Waals surface area contributed by atoms with E-state index >= 15 is 0 Å². The Kier molecular flexibility index (Phi) is 7.42. The number of nitriles is 1. The standard InChI is InChI=1S/C20H16N4O5S2/c1-3-30-20-23-19(31-24-20)22-17(25)13(11-21)9-12-6-7-14(16(10-12)27-2)29-18(26)15-5-4-8-28-15/h4-10H,3H2,1-2H3,(H,22,23,24,25)/b13-9-. The molecule has 3 rings (SSSR count). The molecule has 31 heavy (non-hydrogen) atoms. The molecule has 158 valence electrons. The molecule has 0 aliphatic heterocycles. The van der Waals surface area contributed by atoms with Crippen molar-refractivity contribution in [1.29, 1.82) is 5.26 Å². The number of nitrogens with one attached hydrogen (secondary N) is 1. The molecule has 1 aromatic carbocycles. The van der Waals surface area contributed by atoms with Gasteiger partial charge in [-0.15, -0.1) is 0 Å². The lowest BCUT2D eigenvalue weighted by atomic mass is 10.1. The van der Waals surface area contributed by atoms with Crippen molar-refractivity contribution >= 4 is 46.4 Å². The van der Waals surface area contributed by atoms with Gasteiger partial charge in [-0.3, -0.25) is 10.1 Å². The molecule has 0 spiro atoms. The summed E-state index contributed by atoms with van der Waals surface area (Å²) in [4.78, 5) is 28.7. The van der Waals surface area contributed by atoms with E-state index in [0.717, 1.165) is 17.3 Å². The van der Waals surface area contributed by atoms with Gasteiger partial charge in [-0.05, 0) is 41.7 Å². The zero-order valence-electron chi connectivity index (χ0n) is 16.4. The number of rotatable bonds is 8. The third-order valence-electron chi connectivity index (χ3n) is 3.69. The van der Waals surface area contributed by atoms with Crippen LogP contribution in [-0.4, -0.2) is 34.1 Å². The summed E-state index contributed by atoms with van der Waals surface area (Å²) >= 11 is 2.49. The summed E-state index contributed by atoms with van der Waals surface area (Å²) in [5.74, 6) is -0.0234. The molecule has 2 heterocycles. The van der Waals surface area contributed by atoms with E-state index < -0.39 is 11.9 Å². The molecule has 0 saturated heterocycles. The van der Waals surface area contributed by atoms with Crippen LogP contribution < -0.4 is 14.8 Å². The smallest absolute Gasteiger partial charge is 0.379 e. The van der Waals surface area contributed by atoms with Crippen molar-refractivity contribution in [1.82, 2.24) is 9.36 Å². The van der Waals surface area contributed by atoms with Crippen molar-refractivity contribution in [3.8, 4) is 17.6 Å². The average Bonchev–Trinajstić information content (AvgIpc) is 3.45. The van der Waals surface area contributed by atoms with Crippen LogP contribution in [0.2, 0.25) is 0 Å². The summed E-state index contributed by atoms with van der Waals surface area (Å²) in [6.45, 7) is 1.97. The Bertz CT molecular complexity index is 1150. The predicted molar refractivity (Wildman–Crippen MR) is 115 cm³/mol. The number of hydrogen-bond donors (Lipinski definition) is 1. The summed E-state index contributed by atoms with van der Waals surface area (Å²) in [5.41, 5.74) is 0.364. The highest BCUT2D eigenvalue weighted by Gasteiger charge is 2.16. The number of nitrogens with zero attached hydrogens (tertiary/aromatic N) is 3. The van der Waals surface area contributed by atoms with E-state index in [1.54, 1.807) is 12.1 Å². The lowest BCUT2D eigenvalue weighted by molar-refractivity contribution is -0.112. The van der Waals surface area contributed by atoms with Gasteiger partial charge in [0.1, 0.15) is 11.6 Å². The van der Waals surface area contributed by atoms with Gasteiger partial charge in [0.25, 0.3) is 5.91 Å². The van der Waals surface area contributed by atoms with E-state index in [9.17, 15) is 14.9 Å². The van der Waals surface area contributed by atoms with E-state index in [4.69, 9.17) is 13.9 Å². The van der Waals surface area contributed by atoms with Crippen LogP contribution in [0.15, 0.2) is 51.7 Å². The maximum Gasteiger partial charge on any atom is 0.379 e. The summed E-state index contributed by atoms with van der Waals surface area (Å²) in [6.07, 6.45) is 2.75. The first-order valence-corrected chi connectivity index (χ1v) is 10.6. The predicted octanol–water partition coefficient (Wildman–Crippen LogP) is 4.02. The molecule has 1 N–H and O–H groups in total. The zero-order chi connectivity index (χ0) is 22.2. The highest BCUT2D eigenvalue weighted by atomic mass is 32.2. The van der Waals surface area contributed by atoms with E-state index in [2.05, 4.69) is 14.7 Å². The second kappa shape index (κ2) is 10.4. The molecule has 0 bridgehead atoms. The highest BCUT2D eigenvalue weighted by molar-refractivity contribution is 7.99. The lowest BCUT2D eigenvalue weighted by Gasteiger charge is -2.09. The van der Waals surface area contributed by atoms with Gasteiger partial charge in [0.15, 0.2) is 11.5 Å². The van der Waals surface area contributed by atoms with Crippen molar-refractivity contribution in [2.75, 3.05) is 18.2 Å². The van der Waals surface area contributed by atoms with Gasteiger partial charge in [0.05, 0.1) is 13.4 Å². The maximum atomic E-state index is 12.4. The second-order valence-corrected chi connectivity index (χ2v) is 7.70. The van der Waals surface area contributed by atoms with Crippen LogP contribution in [0.4, 0.5) is 5.13 Å². The monoisotopic (exact) mass is 456 g/mol. The maximum absolute atomic E-state index is 12.4. The van der Waals surface area contributed by atoms with Gasteiger partial charge >= 0.3 is 5.97 Å². The van der Waals surface area contributed by atoms with Gasteiger partial charge in [-0.25, -0.2) is 4.79 Å². The lowest BCUT2D eigenvalue weighted by Crippen LogP contribution is -2.13. The van der Waals surface area contributed by atoms with Crippen molar-refractivity contribution < 1.29 is 23.5 Å². The number of benzene rings is 1. The fourth-order valence-electron chi connectivity index (χ4n) is 2.33. The van der Waals surface area contributed by atoms with Crippen molar-refractivity contribution in [2.45, 2.75) is 12.1 Å². The number of aromatic nitrogens is 2. The fraction of sp³-hybridized carbons (Fsp3) is 0.150. The molecule has 0 aliphatic rings. The van der Waals surface area contributed by atoms with Gasteiger partial charge < -0.3 is 13.9 Å². The quantitative estimate of drug-likeness (QED) is 0.176. The van der Waals surface area contributed by atoms with E-state index in [-0.39, 0.29) is 22.8 Å². The molecule has 0 aliphatic carbocycles. The van der Waals surface area contributed by atoms with Crippen LogP contribution in [-0.2, 0) is 4.79 Å². The van der Waals surface area contributed by atoms with Gasteiger partial charge in [0, 0.05) is 11.5 Å². The summed E-state index contributed by atoms with van der Waals surface area (Å²) < 4.78 is 19.7. The molecule has 0 saturated carbocycles. The molecule has 3 aromatic rings. The highest BCUT2D eigenvalue weighted by Crippen LogP contribution is 2.30. The minimum Gasteiger partial charge on any atom is -0.493 e.